The van der Waals surface area contributed by atoms with Gasteiger partial charge in [0.15, 0.2) is 5.69 Å². The van der Waals surface area contributed by atoms with Crippen LogP contribution in [0.5, 0.6) is 0 Å². The van der Waals surface area contributed by atoms with Gasteiger partial charge in [-0.05, 0) is 15.9 Å². The van der Waals surface area contributed by atoms with Crippen LogP contribution in [0, 0.1) is 5.92 Å². The number of aromatic nitrogens is 2. The van der Waals surface area contributed by atoms with Crippen molar-refractivity contribution >= 4 is 27.8 Å². The summed E-state index contributed by atoms with van der Waals surface area (Å²) in [4.78, 5) is 19.8. The molecule has 1 amide bonds. The predicted octanol–water partition coefficient (Wildman–Crippen LogP) is 1.60. The molecule has 2 rings (SSSR count). The van der Waals surface area contributed by atoms with Crippen molar-refractivity contribution in [2.45, 2.75) is 12.6 Å². The molecule has 1 aromatic heterocycles. The Morgan fingerprint density at radius 2 is 2.21 bits per heavy atom. The van der Waals surface area contributed by atoms with Crippen LogP contribution in [-0.2, 0) is 11.0 Å². The maximum atomic E-state index is 12.7. The molecule has 1 aromatic rings. The van der Waals surface area contributed by atoms with Gasteiger partial charge in [0.1, 0.15) is 0 Å². The molecule has 1 unspecified atom stereocenters. The zero-order valence-corrected chi connectivity index (χ0v) is 11.1. The van der Waals surface area contributed by atoms with Gasteiger partial charge in [-0.15, -0.1) is 0 Å². The molecule has 1 aliphatic heterocycles. The maximum Gasteiger partial charge on any atom is 0.434 e. The molecule has 2 heterocycles. The van der Waals surface area contributed by atoms with E-state index in [1.807, 2.05) is 0 Å². The van der Waals surface area contributed by atoms with Crippen molar-refractivity contribution in [2.24, 2.45) is 5.92 Å². The second kappa shape index (κ2) is 5.04. The molecule has 0 spiro atoms. The van der Waals surface area contributed by atoms with Crippen LogP contribution in [0.25, 0.3) is 0 Å². The average molecular weight is 340 g/mol. The Hall–Kier alpha value is -1.22. The second-order valence-corrected chi connectivity index (χ2v) is 4.98. The standard InChI is InChI=1S/C10H9BrF3N3O2/c11-6-2-15-9(16-8(6)10(12,13)14)17-3-5(4-18)1-7(17)19/h2,5,18H,1,3-4H2. The van der Waals surface area contributed by atoms with E-state index in [-0.39, 0.29) is 35.9 Å². The van der Waals surface area contributed by atoms with E-state index in [1.165, 1.54) is 0 Å². The zero-order valence-electron chi connectivity index (χ0n) is 9.48. The van der Waals surface area contributed by atoms with Gasteiger partial charge in [-0.25, -0.2) is 9.97 Å². The van der Waals surface area contributed by atoms with Gasteiger partial charge in [-0.3, -0.25) is 9.69 Å². The summed E-state index contributed by atoms with van der Waals surface area (Å²) in [7, 11) is 0. The second-order valence-electron chi connectivity index (χ2n) is 4.12. The van der Waals surface area contributed by atoms with Crippen LogP contribution in [0.3, 0.4) is 0 Å². The summed E-state index contributed by atoms with van der Waals surface area (Å²) in [5.41, 5.74) is -1.13. The Balaban J connectivity index is 2.34. The van der Waals surface area contributed by atoms with Crippen LogP contribution >= 0.6 is 15.9 Å². The number of halogens is 4. The predicted molar refractivity (Wildman–Crippen MR) is 62.3 cm³/mol. The van der Waals surface area contributed by atoms with Crippen molar-refractivity contribution < 1.29 is 23.1 Å². The monoisotopic (exact) mass is 339 g/mol. The van der Waals surface area contributed by atoms with Gasteiger partial charge in [-0.2, -0.15) is 13.2 Å². The molecule has 9 heteroatoms. The first-order valence-electron chi connectivity index (χ1n) is 5.34. The molecule has 0 radical (unpaired) electrons. The van der Waals surface area contributed by atoms with E-state index in [2.05, 4.69) is 25.9 Å². The number of aliphatic hydroxyl groups excluding tert-OH is 1. The van der Waals surface area contributed by atoms with Crippen molar-refractivity contribution in [3.8, 4) is 0 Å². The van der Waals surface area contributed by atoms with Crippen LogP contribution in [-0.4, -0.2) is 34.1 Å². The molecule has 1 N–H and O–H groups in total. The highest BCUT2D eigenvalue weighted by molar-refractivity contribution is 9.10. The lowest BCUT2D eigenvalue weighted by Gasteiger charge is -2.16. The summed E-state index contributed by atoms with van der Waals surface area (Å²) in [6, 6.07) is 0. The number of nitrogens with zero attached hydrogens (tertiary/aromatic N) is 3. The highest BCUT2D eigenvalue weighted by atomic mass is 79.9. The number of alkyl halides is 3. The molecular formula is C10H9BrF3N3O2. The van der Waals surface area contributed by atoms with E-state index in [1.54, 1.807) is 0 Å². The Labute approximate surface area is 114 Å². The number of anilines is 1. The van der Waals surface area contributed by atoms with Crippen molar-refractivity contribution in [2.75, 3.05) is 18.1 Å². The number of rotatable bonds is 2. The van der Waals surface area contributed by atoms with E-state index in [0.29, 0.717) is 0 Å². The Kier molecular flexibility index (Phi) is 3.77. The number of carbonyl (C=O) groups excluding carboxylic acids is 1. The van der Waals surface area contributed by atoms with Crippen molar-refractivity contribution in [3.05, 3.63) is 16.4 Å². The lowest BCUT2D eigenvalue weighted by Crippen LogP contribution is -2.28. The van der Waals surface area contributed by atoms with E-state index in [4.69, 9.17) is 5.11 Å². The minimum absolute atomic E-state index is 0.0806. The maximum absolute atomic E-state index is 12.7. The first-order chi connectivity index (χ1) is 8.82. The van der Waals surface area contributed by atoms with E-state index in [0.717, 1.165) is 11.1 Å². The van der Waals surface area contributed by atoms with Crippen molar-refractivity contribution in [1.29, 1.82) is 0 Å². The molecule has 0 bridgehead atoms. The van der Waals surface area contributed by atoms with E-state index in [9.17, 15) is 18.0 Å². The van der Waals surface area contributed by atoms with Gasteiger partial charge in [0.2, 0.25) is 11.9 Å². The summed E-state index contributed by atoms with van der Waals surface area (Å²) in [6.45, 7) is -0.0842. The third-order valence-electron chi connectivity index (χ3n) is 2.70. The van der Waals surface area contributed by atoms with Crippen LogP contribution in [0.2, 0.25) is 0 Å². The largest absolute Gasteiger partial charge is 0.434 e. The molecule has 104 valence electrons. The van der Waals surface area contributed by atoms with Gasteiger partial charge in [0, 0.05) is 31.7 Å². The first-order valence-corrected chi connectivity index (χ1v) is 6.13. The molecule has 19 heavy (non-hydrogen) atoms. The third kappa shape index (κ3) is 2.86. The molecule has 0 aromatic carbocycles. The molecule has 1 saturated heterocycles. The molecule has 1 aliphatic rings. The Bertz CT molecular complexity index is 509. The molecule has 1 fully saturated rings. The zero-order chi connectivity index (χ0) is 14.2. The Morgan fingerprint density at radius 1 is 1.53 bits per heavy atom. The minimum atomic E-state index is -4.63. The van der Waals surface area contributed by atoms with Gasteiger partial charge in [0.05, 0.1) is 4.47 Å². The lowest BCUT2D eigenvalue weighted by molar-refractivity contribution is -0.141. The molecule has 1 atom stereocenters. The van der Waals surface area contributed by atoms with Gasteiger partial charge < -0.3 is 5.11 Å². The van der Waals surface area contributed by atoms with Gasteiger partial charge >= 0.3 is 6.18 Å². The summed E-state index contributed by atoms with van der Waals surface area (Å²) in [5, 5.41) is 8.97. The highest BCUT2D eigenvalue weighted by Crippen LogP contribution is 2.34. The van der Waals surface area contributed by atoms with E-state index < -0.39 is 17.8 Å². The fourth-order valence-electron chi connectivity index (χ4n) is 1.78. The van der Waals surface area contributed by atoms with Crippen LogP contribution in [0.4, 0.5) is 19.1 Å². The first kappa shape index (κ1) is 14.2. The number of hydrogen-bond acceptors (Lipinski definition) is 4. The number of aliphatic hydroxyl groups is 1. The topological polar surface area (TPSA) is 66.3 Å². The van der Waals surface area contributed by atoms with Crippen molar-refractivity contribution in [3.63, 3.8) is 0 Å². The average Bonchev–Trinajstić information content (AvgIpc) is 2.70. The summed E-state index contributed by atoms with van der Waals surface area (Å²) < 4.78 is 37.8. The quantitative estimate of drug-likeness (QED) is 0.888. The Morgan fingerprint density at radius 3 is 2.74 bits per heavy atom. The van der Waals surface area contributed by atoms with Crippen LogP contribution in [0.15, 0.2) is 10.7 Å². The molecule has 0 aliphatic carbocycles. The fourth-order valence-corrected chi connectivity index (χ4v) is 2.20. The number of amides is 1. The van der Waals surface area contributed by atoms with Crippen molar-refractivity contribution in [1.82, 2.24) is 9.97 Å². The smallest absolute Gasteiger partial charge is 0.396 e. The van der Waals surface area contributed by atoms with E-state index >= 15 is 0 Å². The van der Waals surface area contributed by atoms with Crippen LogP contribution < -0.4 is 4.90 Å². The summed E-state index contributed by atoms with van der Waals surface area (Å²) >= 11 is 2.73. The van der Waals surface area contributed by atoms with Crippen LogP contribution in [0.1, 0.15) is 12.1 Å². The molecule has 5 nitrogen and oxygen atoms in total. The van der Waals surface area contributed by atoms with Gasteiger partial charge in [-0.1, -0.05) is 0 Å². The fraction of sp³-hybridized carbons (Fsp3) is 0.500. The molecular weight excluding hydrogens is 331 g/mol. The van der Waals surface area contributed by atoms with Gasteiger partial charge in [0.25, 0.3) is 0 Å². The number of carbonyl (C=O) groups is 1. The summed E-state index contributed by atoms with van der Waals surface area (Å²) in [5.74, 6) is -0.986. The summed E-state index contributed by atoms with van der Waals surface area (Å²) in [6.07, 6.45) is -3.59. The minimum Gasteiger partial charge on any atom is -0.396 e. The highest BCUT2D eigenvalue weighted by Gasteiger charge is 2.38. The lowest BCUT2D eigenvalue weighted by atomic mass is 10.1. The molecule has 0 saturated carbocycles. The number of hydrogen-bond donors (Lipinski definition) is 1. The SMILES string of the molecule is O=C1CC(CO)CN1c1ncc(Br)c(C(F)(F)F)n1. The third-order valence-corrected chi connectivity index (χ3v) is 3.28. The normalized spacial score (nSPS) is 20.2.